The maximum atomic E-state index is 13.8. The Bertz CT molecular complexity index is 1950. The summed E-state index contributed by atoms with van der Waals surface area (Å²) in [5.41, 5.74) is 3.28. The first-order chi connectivity index (χ1) is 26.4. The van der Waals surface area contributed by atoms with Crippen molar-refractivity contribution >= 4 is 33.7 Å². The first-order valence-electron chi connectivity index (χ1n) is 19.0. The molecule has 10 nitrogen and oxygen atoms in total. The molecule has 8 heterocycles. The fraction of sp³-hybridized carbons (Fsp3) is 0.409. The summed E-state index contributed by atoms with van der Waals surface area (Å²) < 4.78 is 23.9. The molecule has 2 unspecified atom stereocenters. The fourth-order valence-corrected chi connectivity index (χ4v) is 9.59. The molecule has 0 radical (unpaired) electrons. The normalized spacial score (nSPS) is 28.4. The average molecular weight is 729 g/mol. The number of aromatic nitrogens is 2. The Morgan fingerprint density at radius 1 is 0.704 bits per heavy atom. The van der Waals surface area contributed by atoms with Crippen LogP contribution in [0.15, 0.2) is 98.4 Å². The minimum absolute atomic E-state index is 0.0439. The molecule has 0 amide bonds. The minimum atomic E-state index is -0.613. The van der Waals surface area contributed by atoms with Crippen molar-refractivity contribution in [3.8, 4) is 11.5 Å². The number of carbonyl (C=O) groups is 2. The van der Waals surface area contributed by atoms with Crippen molar-refractivity contribution in [1.82, 2.24) is 19.8 Å². The number of hydrogen-bond donors (Lipinski definition) is 0. The van der Waals surface area contributed by atoms with Gasteiger partial charge in [0, 0.05) is 59.5 Å². The highest BCUT2D eigenvalue weighted by molar-refractivity contribution is 5.92. The van der Waals surface area contributed by atoms with Gasteiger partial charge in [-0.15, -0.1) is 13.2 Å². The van der Waals surface area contributed by atoms with Crippen molar-refractivity contribution in [1.29, 1.82) is 0 Å². The van der Waals surface area contributed by atoms with Crippen molar-refractivity contribution in [2.75, 3.05) is 40.4 Å². The Hall–Kier alpha value is -5.06. The molecule has 54 heavy (non-hydrogen) atoms. The molecule has 6 fully saturated rings. The van der Waals surface area contributed by atoms with Gasteiger partial charge in [0.2, 0.25) is 0 Å². The van der Waals surface area contributed by atoms with Crippen LogP contribution in [0.25, 0.3) is 21.8 Å². The molecule has 0 saturated carbocycles. The van der Waals surface area contributed by atoms with E-state index in [0.717, 1.165) is 84.8 Å². The Kier molecular flexibility index (Phi) is 10.2. The number of carbonyl (C=O) groups excluding carboxylic acids is 2. The van der Waals surface area contributed by atoms with E-state index >= 15 is 0 Å². The first-order valence-corrected chi connectivity index (χ1v) is 19.0. The van der Waals surface area contributed by atoms with Gasteiger partial charge in [0.05, 0.1) is 37.3 Å². The van der Waals surface area contributed by atoms with Gasteiger partial charge in [0.15, 0.2) is 0 Å². The van der Waals surface area contributed by atoms with E-state index in [1.165, 1.54) is 12.2 Å². The van der Waals surface area contributed by atoms with Gasteiger partial charge < -0.3 is 18.9 Å². The van der Waals surface area contributed by atoms with Crippen molar-refractivity contribution < 1.29 is 28.5 Å². The van der Waals surface area contributed by atoms with Crippen LogP contribution in [-0.2, 0) is 19.1 Å². The topological polar surface area (TPSA) is 103 Å². The maximum Gasteiger partial charge on any atom is 0.331 e. The zero-order valence-corrected chi connectivity index (χ0v) is 31.0. The lowest BCUT2D eigenvalue weighted by molar-refractivity contribution is -0.154. The molecule has 4 aromatic rings. The number of rotatable bonds is 12. The van der Waals surface area contributed by atoms with Crippen molar-refractivity contribution in [2.45, 2.75) is 50.0 Å². The summed E-state index contributed by atoms with van der Waals surface area (Å²) in [5.74, 6) is 1.88. The smallest absolute Gasteiger partial charge is 0.331 e. The summed E-state index contributed by atoms with van der Waals surface area (Å²) in [6.07, 6.45) is 12.7. The van der Waals surface area contributed by atoms with Crippen molar-refractivity contribution in [2.24, 2.45) is 23.7 Å². The van der Waals surface area contributed by atoms with Crippen LogP contribution in [0.5, 0.6) is 11.5 Å². The van der Waals surface area contributed by atoms with Gasteiger partial charge >= 0.3 is 11.9 Å². The number of fused-ring (bicyclic) bond motifs is 8. The maximum absolute atomic E-state index is 13.8. The molecule has 0 aliphatic carbocycles. The number of hydrogen-bond acceptors (Lipinski definition) is 10. The van der Waals surface area contributed by atoms with Gasteiger partial charge in [0.25, 0.3) is 0 Å². The second-order valence-corrected chi connectivity index (χ2v) is 15.1. The predicted molar refractivity (Wildman–Crippen MR) is 207 cm³/mol. The van der Waals surface area contributed by atoms with Crippen LogP contribution >= 0.6 is 0 Å². The largest absolute Gasteiger partial charge is 0.497 e. The summed E-state index contributed by atoms with van der Waals surface area (Å²) in [6.45, 7) is 11.8. The molecule has 10 atom stereocenters. The summed E-state index contributed by atoms with van der Waals surface area (Å²) in [5, 5.41) is 1.72. The van der Waals surface area contributed by atoms with E-state index in [1.807, 2.05) is 48.5 Å². The van der Waals surface area contributed by atoms with E-state index in [0.29, 0.717) is 35.2 Å². The standard InChI is InChI=1S/C44H48N4O6/c1-5-27-25-47-19-15-29(27)21-39(47)43(33-13-17-45-37-9-7-31(51-3)23-35(33)37)53-41(49)11-12-42(50)54-44(40-22-30-16-20-48(40)26-28(30)6-2)34-14-18-46-38-10-8-32(52-4)24-36(34)38/h5-14,17-18,23-24,27-30,39-40,43-44H,1-2,15-16,19-22,25-26H2,3-4H3/b12-11+/t27-,28-,29-,30-,39+,40+,43+,44+/m0/s1. The fourth-order valence-electron chi connectivity index (χ4n) is 9.59. The number of methoxy groups -OCH3 is 2. The van der Waals surface area contributed by atoms with Crippen LogP contribution in [0.4, 0.5) is 0 Å². The highest BCUT2D eigenvalue weighted by Gasteiger charge is 2.45. The Morgan fingerprint density at radius 2 is 1.15 bits per heavy atom. The molecular weight excluding hydrogens is 681 g/mol. The number of benzene rings is 2. The molecule has 280 valence electrons. The second kappa shape index (κ2) is 15.4. The second-order valence-electron chi connectivity index (χ2n) is 15.1. The summed E-state index contributed by atoms with van der Waals surface area (Å²) in [4.78, 5) is 41.6. The quantitative estimate of drug-likeness (QED) is 0.0860. The molecule has 2 aromatic carbocycles. The van der Waals surface area contributed by atoms with E-state index in [4.69, 9.17) is 18.9 Å². The summed E-state index contributed by atoms with van der Waals surface area (Å²) >= 11 is 0. The van der Waals surface area contributed by atoms with E-state index < -0.39 is 24.1 Å². The van der Waals surface area contributed by atoms with Gasteiger partial charge in [-0.2, -0.15) is 0 Å². The Morgan fingerprint density at radius 3 is 1.52 bits per heavy atom. The SMILES string of the molecule is C=C[C@H]1CN2CC[C@H]1C[C@@H]2[C@H](OC(=O)/C=C/C(=O)O[C@H](c1ccnc2ccc(OC)cc12)[C@H]1C[C@@H]2CCN1C[C@@H]2C=C)c1ccnc2ccc(OC)cc12. The minimum Gasteiger partial charge on any atom is -0.497 e. The van der Waals surface area contributed by atoms with Gasteiger partial charge in [0.1, 0.15) is 23.7 Å². The lowest BCUT2D eigenvalue weighted by Gasteiger charge is -2.51. The predicted octanol–water partition coefficient (Wildman–Crippen LogP) is 7.02. The van der Waals surface area contributed by atoms with Crippen molar-refractivity contribution in [3.05, 3.63) is 110 Å². The summed E-state index contributed by atoms with van der Waals surface area (Å²) in [7, 11) is 3.26. The Labute approximate surface area is 316 Å². The van der Waals surface area contributed by atoms with Crippen LogP contribution in [-0.4, -0.2) is 84.2 Å². The molecule has 0 N–H and O–H groups in total. The lowest BCUT2D eigenvalue weighted by atomic mass is 9.73. The molecule has 10 heteroatoms. The third-order valence-electron chi connectivity index (χ3n) is 12.4. The van der Waals surface area contributed by atoms with E-state index in [2.05, 4.69) is 45.1 Å². The first kappa shape index (κ1) is 35.9. The molecule has 6 aliphatic rings. The number of esters is 2. The third-order valence-corrected chi connectivity index (χ3v) is 12.4. The zero-order valence-electron chi connectivity index (χ0n) is 31.0. The van der Waals surface area contributed by atoms with E-state index in [-0.39, 0.29) is 12.1 Å². The van der Waals surface area contributed by atoms with Crippen LogP contribution in [0.1, 0.15) is 49.0 Å². The highest BCUT2D eigenvalue weighted by atomic mass is 16.6. The Balaban J connectivity index is 1.08. The average Bonchev–Trinajstić information content (AvgIpc) is 3.23. The lowest BCUT2D eigenvalue weighted by Crippen LogP contribution is -2.55. The molecular formula is C44H48N4O6. The zero-order chi connectivity index (χ0) is 37.3. The van der Waals surface area contributed by atoms with E-state index in [9.17, 15) is 9.59 Å². The van der Waals surface area contributed by atoms with Crippen molar-refractivity contribution in [3.63, 3.8) is 0 Å². The van der Waals surface area contributed by atoms with Crippen LogP contribution < -0.4 is 9.47 Å². The van der Waals surface area contributed by atoms with Gasteiger partial charge in [-0.05, 0) is 111 Å². The number of ether oxygens (including phenoxy) is 4. The molecule has 6 saturated heterocycles. The van der Waals surface area contributed by atoms with Gasteiger partial charge in [-0.3, -0.25) is 19.8 Å². The summed E-state index contributed by atoms with van der Waals surface area (Å²) in [6, 6.07) is 15.2. The number of piperidine rings is 6. The van der Waals surface area contributed by atoms with E-state index in [1.54, 1.807) is 26.6 Å². The van der Waals surface area contributed by atoms with Crippen LogP contribution in [0.2, 0.25) is 0 Å². The van der Waals surface area contributed by atoms with Gasteiger partial charge in [-0.1, -0.05) is 12.2 Å². The number of nitrogens with zero attached hydrogens (tertiary/aromatic N) is 4. The van der Waals surface area contributed by atoms with Crippen LogP contribution in [0, 0.1) is 23.7 Å². The number of pyridine rings is 2. The molecule has 6 aliphatic heterocycles. The van der Waals surface area contributed by atoms with Crippen LogP contribution in [0.3, 0.4) is 0 Å². The molecule has 2 aromatic heterocycles. The highest BCUT2D eigenvalue weighted by Crippen LogP contribution is 2.45. The molecule has 0 spiro atoms. The van der Waals surface area contributed by atoms with Gasteiger partial charge in [-0.25, -0.2) is 9.59 Å². The molecule has 4 bridgehead atoms. The monoisotopic (exact) mass is 728 g/mol. The molecule has 10 rings (SSSR count). The third kappa shape index (κ3) is 6.89.